The average molecular weight is 628 g/mol. The van der Waals surface area contributed by atoms with Crippen molar-refractivity contribution < 1.29 is 32.2 Å². The molecule has 0 spiro atoms. The smallest absolute Gasteiger partial charge is 0.413 e. The number of benzene rings is 4. The SMILES string of the molecule is COc1ccc(S(=O)(=O)N2C(=O)C(OC(=O)Nc3ccccc3)(c3ccccc3Cl)c3cc(C)c(Cl)cc32)c(OC)c1. The van der Waals surface area contributed by atoms with Gasteiger partial charge >= 0.3 is 6.09 Å². The molecule has 216 valence electrons. The topological polar surface area (TPSA) is 111 Å². The van der Waals surface area contributed by atoms with Gasteiger partial charge in [-0.25, -0.2) is 13.2 Å². The highest BCUT2D eigenvalue weighted by atomic mass is 35.5. The largest absolute Gasteiger partial charge is 0.497 e. The molecule has 0 fully saturated rings. The Balaban J connectivity index is 1.76. The van der Waals surface area contributed by atoms with Crippen molar-refractivity contribution in [1.29, 1.82) is 0 Å². The maximum Gasteiger partial charge on any atom is 0.413 e. The third-order valence-electron chi connectivity index (χ3n) is 6.77. The molecule has 5 rings (SSSR count). The molecular weight excluding hydrogens is 603 g/mol. The highest BCUT2D eigenvalue weighted by molar-refractivity contribution is 7.93. The van der Waals surface area contributed by atoms with Crippen molar-refractivity contribution in [3.63, 3.8) is 0 Å². The number of sulfonamides is 1. The third-order valence-corrected chi connectivity index (χ3v) is 9.24. The number of rotatable bonds is 7. The number of halogens is 2. The van der Waals surface area contributed by atoms with E-state index in [2.05, 4.69) is 5.32 Å². The van der Waals surface area contributed by atoms with Crippen LogP contribution in [0.2, 0.25) is 10.0 Å². The summed E-state index contributed by atoms with van der Waals surface area (Å²) in [5.74, 6) is -0.836. The summed E-state index contributed by atoms with van der Waals surface area (Å²) in [6.07, 6.45) is -1.02. The Morgan fingerprint density at radius 2 is 1.55 bits per heavy atom. The van der Waals surface area contributed by atoms with E-state index in [9.17, 15) is 18.0 Å². The van der Waals surface area contributed by atoms with Gasteiger partial charge in [0.1, 0.15) is 16.4 Å². The van der Waals surface area contributed by atoms with Crippen molar-refractivity contribution in [3.05, 3.63) is 112 Å². The summed E-state index contributed by atoms with van der Waals surface area (Å²) in [6, 6.07) is 21.6. The summed E-state index contributed by atoms with van der Waals surface area (Å²) in [4.78, 5) is 27.7. The van der Waals surface area contributed by atoms with E-state index >= 15 is 0 Å². The molecule has 0 aliphatic carbocycles. The van der Waals surface area contributed by atoms with Gasteiger partial charge in [0.05, 0.1) is 19.9 Å². The van der Waals surface area contributed by atoms with Crippen molar-refractivity contribution >= 4 is 56.6 Å². The Hall–Kier alpha value is -4.25. The number of hydrogen-bond acceptors (Lipinski definition) is 7. The Labute approximate surface area is 252 Å². The lowest BCUT2D eigenvalue weighted by atomic mass is 9.86. The van der Waals surface area contributed by atoms with Crippen LogP contribution in [0.15, 0.2) is 89.8 Å². The summed E-state index contributed by atoms with van der Waals surface area (Å²) in [5, 5.41) is 2.85. The van der Waals surface area contributed by atoms with Crippen molar-refractivity contribution in [2.45, 2.75) is 17.4 Å². The maximum absolute atomic E-state index is 14.7. The van der Waals surface area contributed by atoms with Crippen LogP contribution in [0.5, 0.6) is 11.5 Å². The highest BCUT2D eigenvalue weighted by Gasteiger charge is 2.60. The molecule has 1 atom stereocenters. The molecule has 0 saturated carbocycles. The van der Waals surface area contributed by atoms with E-state index in [1.807, 2.05) is 0 Å². The van der Waals surface area contributed by atoms with Crippen LogP contribution in [-0.2, 0) is 25.2 Å². The zero-order valence-electron chi connectivity index (χ0n) is 22.6. The number of carbonyl (C=O) groups excluding carboxylic acids is 2. The third kappa shape index (κ3) is 4.81. The summed E-state index contributed by atoms with van der Waals surface area (Å²) < 4.78 is 45.7. The molecule has 9 nitrogen and oxygen atoms in total. The van der Waals surface area contributed by atoms with Crippen LogP contribution in [0.1, 0.15) is 16.7 Å². The molecule has 1 N–H and O–H groups in total. The van der Waals surface area contributed by atoms with Crippen LogP contribution in [0.3, 0.4) is 0 Å². The number of anilines is 2. The second-order valence-electron chi connectivity index (χ2n) is 9.25. The molecule has 0 radical (unpaired) electrons. The minimum atomic E-state index is -4.70. The summed E-state index contributed by atoms with van der Waals surface area (Å²) in [6.45, 7) is 1.68. The van der Waals surface area contributed by atoms with Gasteiger partial charge in [0.2, 0.25) is 5.60 Å². The van der Waals surface area contributed by atoms with Gasteiger partial charge in [-0.1, -0.05) is 59.6 Å². The molecule has 0 bridgehead atoms. The number of carbonyl (C=O) groups is 2. The average Bonchev–Trinajstić information content (AvgIpc) is 3.20. The minimum Gasteiger partial charge on any atom is -0.497 e. The zero-order chi connectivity index (χ0) is 30.2. The van der Waals surface area contributed by atoms with E-state index in [4.69, 9.17) is 37.4 Å². The van der Waals surface area contributed by atoms with E-state index < -0.39 is 27.6 Å². The van der Waals surface area contributed by atoms with Crippen LogP contribution < -0.4 is 19.1 Å². The van der Waals surface area contributed by atoms with Crippen molar-refractivity contribution in [2.75, 3.05) is 23.8 Å². The molecular formula is C30H24Cl2N2O7S. The number of aryl methyl sites for hydroxylation is 1. The fraction of sp³-hybridized carbons (Fsp3) is 0.133. The molecule has 42 heavy (non-hydrogen) atoms. The first-order valence-electron chi connectivity index (χ1n) is 12.5. The quantitative estimate of drug-likeness (QED) is 0.248. The molecule has 1 aliphatic heterocycles. The summed E-state index contributed by atoms with van der Waals surface area (Å²) in [7, 11) is -1.98. The zero-order valence-corrected chi connectivity index (χ0v) is 24.9. The van der Waals surface area contributed by atoms with Gasteiger partial charge in [0.25, 0.3) is 15.9 Å². The monoisotopic (exact) mass is 626 g/mol. The number of fused-ring (bicyclic) bond motifs is 1. The van der Waals surface area contributed by atoms with Crippen LogP contribution in [0.25, 0.3) is 0 Å². The number of nitrogens with zero attached hydrogens (tertiary/aromatic N) is 1. The van der Waals surface area contributed by atoms with E-state index in [0.717, 1.165) is 0 Å². The molecule has 0 aromatic heterocycles. The van der Waals surface area contributed by atoms with E-state index in [0.29, 0.717) is 21.3 Å². The van der Waals surface area contributed by atoms with Crippen LogP contribution in [0, 0.1) is 6.92 Å². The molecule has 12 heteroatoms. The number of methoxy groups -OCH3 is 2. The van der Waals surface area contributed by atoms with Crippen LogP contribution >= 0.6 is 23.2 Å². The molecule has 1 heterocycles. The number of ether oxygens (including phenoxy) is 3. The first-order valence-corrected chi connectivity index (χ1v) is 14.7. The predicted octanol–water partition coefficient (Wildman–Crippen LogP) is 6.55. The van der Waals surface area contributed by atoms with Gasteiger partial charge in [-0.05, 0) is 55.0 Å². The van der Waals surface area contributed by atoms with Gasteiger partial charge in [-0.15, -0.1) is 0 Å². The van der Waals surface area contributed by atoms with Crippen LogP contribution in [0.4, 0.5) is 16.2 Å². The first kappa shape index (κ1) is 29.2. The van der Waals surface area contributed by atoms with Crippen molar-refractivity contribution in [2.24, 2.45) is 0 Å². The van der Waals surface area contributed by atoms with Crippen molar-refractivity contribution in [3.8, 4) is 11.5 Å². The van der Waals surface area contributed by atoms with Gasteiger partial charge < -0.3 is 14.2 Å². The predicted molar refractivity (Wildman–Crippen MR) is 159 cm³/mol. The second kappa shape index (κ2) is 11.2. The molecule has 1 unspecified atom stereocenters. The molecule has 4 aromatic carbocycles. The Bertz CT molecular complexity index is 1820. The Kier molecular flexibility index (Phi) is 7.80. The Morgan fingerprint density at radius 1 is 0.857 bits per heavy atom. The van der Waals surface area contributed by atoms with Gasteiger partial charge in [0, 0.05) is 32.9 Å². The first-order chi connectivity index (χ1) is 20.0. The second-order valence-corrected chi connectivity index (χ2v) is 11.8. The maximum atomic E-state index is 14.7. The lowest BCUT2D eigenvalue weighted by Crippen LogP contribution is -2.47. The van der Waals surface area contributed by atoms with Crippen LogP contribution in [-0.4, -0.2) is 34.6 Å². The van der Waals surface area contributed by atoms with Gasteiger partial charge in [0.15, 0.2) is 0 Å². The summed E-state index contributed by atoms with van der Waals surface area (Å²) in [5.41, 5.74) is -1.41. The van der Waals surface area contributed by atoms with E-state index in [1.165, 1.54) is 56.7 Å². The number of hydrogen-bond donors (Lipinski definition) is 1. The van der Waals surface area contributed by atoms with E-state index in [1.54, 1.807) is 49.4 Å². The standard InChI is InChI=1S/C30H24Cl2N2O7S/c1-18-15-22-25(17-24(18)32)34(42(37,38)27-14-13-20(39-2)16-26(27)40-3)28(35)30(22,21-11-7-8-12-23(21)31)41-29(36)33-19-9-5-4-6-10-19/h4-17H,1-3H3,(H,33,36). The minimum absolute atomic E-state index is 0.0572. The van der Waals surface area contributed by atoms with Gasteiger partial charge in [-0.3, -0.25) is 10.1 Å². The molecule has 4 aromatic rings. The normalized spacial score (nSPS) is 16.1. The van der Waals surface area contributed by atoms with Gasteiger partial charge in [-0.2, -0.15) is 4.31 Å². The lowest BCUT2D eigenvalue weighted by molar-refractivity contribution is -0.131. The Morgan fingerprint density at radius 3 is 2.21 bits per heavy atom. The molecule has 2 amide bonds. The summed E-state index contributed by atoms with van der Waals surface area (Å²) >= 11 is 13.1. The fourth-order valence-corrected chi connectivity index (χ4v) is 6.79. The molecule has 1 aliphatic rings. The lowest BCUT2D eigenvalue weighted by Gasteiger charge is -2.30. The number of para-hydroxylation sites is 1. The highest BCUT2D eigenvalue weighted by Crippen LogP contribution is 2.52. The number of amides is 2. The molecule has 0 saturated heterocycles. The van der Waals surface area contributed by atoms with E-state index in [-0.39, 0.29) is 37.5 Å². The number of nitrogens with one attached hydrogen (secondary N) is 1. The van der Waals surface area contributed by atoms with Crippen molar-refractivity contribution in [1.82, 2.24) is 0 Å². The fourth-order valence-electron chi connectivity index (χ4n) is 4.78.